The van der Waals surface area contributed by atoms with Gasteiger partial charge in [-0.1, -0.05) is 12.1 Å². The molecule has 3 nitrogen and oxygen atoms in total. The third kappa shape index (κ3) is 1.43. The van der Waals surface area contributed by atoms with Crippen molar-refractivity contribution in [2.24, 2.45) is 7.05 Å². The van der Waals surface area contributed by atoms with Crippen LogP contribution in [0.25, 0.3) is 11.0 Å². The number of aryl methyl sites for hydroxylation is 2. The first kappa shape index (κ1) is 9.85. The average Bonchev–Trinajstić information content (AvgIpc) is 2.90. The van der Waals surface area contributed by atoms with Crippen LogP contribution in [0.15, 0.2) is 18.2 Å². The predicted molar refractivity (Wildman–Crippen MR) is 63.3 cm³/mol. The summed E-state index contributed by atoms with van der Waals surface area (Å²) in [7, 11) is 2.03. The molecule has 1 N–H and O–H groups in total. The van der Waals surface area contributed by atoms with Crippen LogP contribution in [0.4, 0.5) is 0 Å². The van der Waals surface area contributed by atoms with E-state index in [2.05, 4.69) is 21.7 Å². The van der Waals surface area contributed by atoms with Crippen molar-refractivity contribution < 1.29 is 5.11 Å². The Morgan fingerprint density at radius 3 is 2.88 bits per heavy atom. The predicted octanol–water partition coefficient (Wildman–Crippen LogP) is 1.95. The van der Waals surface area contributed by atoms with E-state index >= 15 is 0 Å². The second-order valence-corrected chi connectivity index (χ2v) is 4.90. The van der Waals surface area contributed by atoms with Crippen molar-refractivity contribution in [3.63, 3.8) is 0 Å². The van der Waals surface area contributed by atoms with Gasteiger partial charge < -0.3 is 9.67 Å². The van der Waals surface area contributed by atoms with Crippen molar-refractivity contribution in [1.82, 2.24) is 9.55 Å². The summed E-state index contributed by atoms with van der Waals surface area (Å²) in [5.41, 5.74) is 2.92. The highest BCUT2D eigenvalue weighted by Gasteiger charge is 2.40. The van der Waals surface area contributed by atoms with E-state index in [1.807, 2.05) is 20.0 Å². The molecule has 1 saturated carbocycles. The van der Waals surface area contributed by atoms with E-state index in [-0.39, 0.29) is 0 Å². The fraction of sp³-hybridized carbons (Fsp3) is 0.462. The molecule has 0 unspecified atom stereocenters. The summed E-state index contributed by atoms with van der Waals surface area (Å²) in [6, 6.07) is 6.20. The van der Waals surface area contributed by atoms with Crippen LogP contribution >= 0.6 is 0 Å². The van der Waals surface area contributed by atoms with Gasteiger partial charge in [0.25, 0.3) is 0 Å². The van der Waals surface area contributed by atoms with Crippen LogP contribution in [-0.4, -0.2) is 20.3 Å². The molecule has 2 aromatic rings. The van der Waals surface area contributed by atoms with Crippen LogP contribution in [0.5, 0.6) is 0 Å². The Hall–Kier alpha value is -1.35. The molecule has 0 aliphatic heterocycles. The van der Waals surface area contributed by atoms with Gasteiger partial charge in [-0.3, -0.25) is 0 Å². The lowest BCUT2D eigenvalue weighted by molar-refractivity contribution is 0.151. The van der Waals surface area contributed by atoms with Crippen molar-refractivity contribution in [2.75, 3.05) is 0 Å². The normalized spacial score (nSPS) is 17.9. The SMILES string of the molecule is Cc1nc2c(CC3(O)CC3)cccc2n1C. The molecule has 84 valence electrons. The molecule has 0 spiro atoms. The monoisotopic (exact) mass is 216 g/mol. The Labute approximate surface area is 94.7 Å². The molecule has 0 radical (unpaired) electrons. The number of aliphatic hydroxyl groups is 1. The Balaban J connectivity index is 2.13. The summed E-state index contributed by atoms with van der Waals surface area (Å²) in [6.07, 6.45) is 2.59. The molecule has 16 heavy (non-hydrogen) atoms. The number of nitrogens with zero attached hydrogens (tertiary/aromatic N) is 2. The van der Waals surface area contributed by atoms with Crippen molar-refractivity contribution >= 4 is 11.0 Å². The number of rotatable bonds is 2. The van der Waals surface area contributed by atoms with E-state index in [9.17, 15) is 5.11 Å². The highest BCUT2D eigenvalue weighted by Crippen LogP contribution is 2.39. The van der Waals surface area contributed by atoms with Gasteiger partial charge in [0, 0.05) is 13.5 Å². The highest BCUT2D eigenvalue weighted by molar-refractivity contribution is 5.79. The fourth-order valence-corrected chi connectivity index (χ4v) is 2.21. The molecule has 0 saturated heterocycles. The summed E-state index contributed by atoms with van der Waals surface area (Å²) < 4.78 is 2.09. The first-order valence-corrected chi connectivity index (χ1v) is 5.72. The maximum absolute atomic E-state index is 9.98. The molecular formula is C13H16N2O. The van der Waals surface area contributed by atoms with Gasteiger partial charge >= 0.3 is 0 Å². The average molecular weight is 216 g/mol. The van der Waals surface area contributed by atoms with Crippen molar-refractivity contribution in [2.45, 2.75) is 31.8 Å². The molecule has 1 aliphatic carbocycles. The van der Waals surface area contributed by atoms with Crippen LogP contribution in [0, 0.1) is 6.92 Å². The van der Waals surface area contributed by atoms with Gasteiger partial charge in [0.15, 0.2) is 0 Å². The maximum atomic E-state index is 9.98. The minimum absolute atomic E-state index is 0.445. The third-order valence-electron chi connectivity index (χ3n) is 3.57. The molecule has 3 heteroatoms. The van der Waals surface area contributed by atoms with Crippen molar-refractivity contribution in [3.05, 3.63) is 29.6 Å². The molecule has 0 atom stereocenters. The largest absolute Gasteiger partial charge is 0.390 e. The lowest BCUT2D eigenvalue weighted by Gasteiger charge is -2.07. The Kier molecular flexibility index (Phi) is 1.89. The maximum Gasteiger partial charge on any atom is 0.106 e. The molecule has 1 aromatic carbocycles. The van der Waals surface area contributed by atoms with Crippen LogP contribution in [0.1, 0.15) is 24.2 Å². The number of imidazole rings is 1. The lowest BCUT2D eigenvalue weighted by Crippen LogP contribution is -2.10. The van der Waals surface area contributed by atoms with E-state index in [1.165, 1.54) is 5.56 Å². The molecule has 1 aromatic heterocycles. The number of benzene rings is 1. The number of para-hydroxylation sites is 1. The number of aromatic nitrogens is 2. The topological polar surface area (TPSA) is 38.1 Å². The molecule has 0 amide bonds. The van der Waals surface area contributed by atoms with Gasteiger partial charge in [-0.15, -0.1) is 0 Å². The zero-order chi connectivity index (χ0) is 11.3. The molecular weight excluding hydrogens is 200 g/mol. The smallest absolute Gasteiger partial charge is 0.106 e. The first-order valence-electron chi connectivity index (χ1n) is 5.72. The highest BCUT2D eigenvalue weighted by atomic mass is 16.3. The van der Waals surface area contributed by atoms with Crippen molar-refractivity contribution in [3.8, 4) is 0 Å². The van der Waals surface area contributed by atoms with E-state index in [0.717, 1.165) is 36.1 Å². The standard InChI is InChI=1S/C13H16N2O/c1-9-14-12-10(8-13(16)6-7-13)4-3-5-11(12)15(9)2/h3-5,16H,6-8H2,1-2H3. The van der Waals surface area contributed by atoms with Gasteiger partial charge in [-0.25, -0.2) is 4.98 Å². The molecule has 0 bridgehead atoms. The number of hydrogen-bond donors (Lipinski definition) is 1. The number of fused-ring (bicyclic) bond motifs is 1. The minimum atomic E-state index is -0.445. The first-order chi connectivity index (χ1) is 7.59. The van der Waals surface area contributed by atoms with Gasteiger partial charge in [0.1, 0.15) is 5.82 Å². The molecule has 1 aliphatic rings. The van der Waals surface area contributed by atoms with Crippen LogP contribution in [-0.2, 0) is 13.5 Å². The summed E-state index contributed by atoms with van der Waals surface area (Å²) in [5.74, 6) is 1.02. The zero-order valence-corrected chi connectivity index (χ0v) is 9.70. The lowest BCUT2D eigenvalue weighted by atomic mass is 10.1. The Morgan fingerprint density at radius 1 is 1.44 bits per heavy atom. The number of hydrogen-bond acceptors (Lipinski definition) is 2. The van der Waals surface area contributed by atoms with Gasteiger partial charge in [0.2, 0.25) is 0 Å². The zero-order valence-electron chi connectivity index (χ0n) is 9.70. The molecule has 1 heterocycles. The minimum Gasteiger partial charge on any atom is -0.390 e. The van der Waals surface area contributed by atoms with Crippen LogP contribution in [0.3, 0.4) is 0 Å². The van der Waals surface area contributed by atoms with E-state index < -0.39 is 5.60 Å². The summed E-state index contributed by atoms with van der Waals surface area (Å²) >= 11 is 0. The Bertz CT molecular complexity index is 552. The van der Waals surface area contributed by atoms with Gasteiger partial charge in [-0.2, -0.15) is 0 Å². The van der Waals surface area contributed by atoms with Crippen LogP contribution in [0.2, 0.25) is 0 Å². The van der Waals surface area contributed by atoms with E-state index in [0.29, 0.717) is 0 Å². The van der Waals surface area contributed by atoms with E-state index in [1.54, 1.807) is 0 Å². The summed E-state index contributed by atoms with van der Waals surface area (Å²) in [5, 5.41) is 9.98. The second kappa shape index (κ2) is 3.08. The third-order valence-corrected chi connectivity index (χ3v) is 3.57. The van der Waals surface area contributed by atoms with Crippen molar-refractivity contribution in [1.29, 1.82) is 0 Å². The molecule has 1 fully saturated rings. The quantitative estimate of drug-likeness (QED) is 0.833. The van der Waals surface area contributed by atoms with Gasteiger partial charge in [0.05, 0.1) is 16.6 Å². The van der Waals surface area contributed by atoms with Crippen LogP contribution < -0.4 is 0 Å². The fourth-order valence-electron chi connectivity index (χ4n) is 2.21. The second-order valence-electron chi connectivity index (χ2n) is 4.90. The molecule has 3 rings (SSSR count). The summed E-state index contributed by atoms with van der Waals surface area (Å²) in [4.78, 5) is 4.58. The Morgan fingerprint density at radius 2 is 2.19 bits per heavy atom. The van der Waals surface area contributed by atoms with Gasteiger partial charge in [-0.05, 0) is 31.4 Å². The van der Waals surface area contributed by atoms with E-state index in [4.69, 9.17) is 0 Å². The summed E-state index contributed by atoms with van der Waals surface area (Å²) in [6.45, 7) is 2.01.